The van der Waals surface area contributed by atoms with Crippen LogP contribution in [-0.2, 0) is 31.4 Å². The van der Waals surface area contributed by atoms with Gasteiger partial charge in [0.05, 0.1) is 17.1 Å². The maximum absolute atomic E-state index is 13.8. The monoisotopic (exact) mass is 509 g/mol. The fourth-order valence-corrected chi connectivity index (χ4v) is 5.63. The zero-order chi connectivity index (χ0) is 25.3. The lowest BCUT2D eigenvalue weighted by Crippen LogP contribution is -2.42. The summed E-state index contributed by atoms with van der Waals surface area (Å²) in [6, 6.07) is 11.7. The predicted molar refractivity (Wildman–Crippen MR) is 127 cm³/mol. The van der Waals surface area contributed by atoms with Crippen molar-refractivity contribution in [3.63, 3.8) is 0 Å². The third-order valence-electron chi connectivity index (χ3n) is 6.67. The van der Waals surface area contributed by atoms with Crippen LogP contribution in [0.4, 0.5) is 18.9 Å². The number of ether oxygens (including phenoxy) is 1. The van der Waals surface area contributed by atoms with Crippen molar-refractivity contribution in [2.75, 3.05) is 17.7 Å². The molecule has 4 rings (SSSR count). The third kappa shape index (κ3) is 6.64. The lowest BCUT2D eigenvalue weighted by Gasteiger charge is -2.32. The molecule has 1 unspecified atom stereocenters. The van der Waals surface area contributed by atoms with E-state index in [-0.39, 0.29) is 41.1 Å². The van der Waals surface area contributed by atoms with Crippen LogP contribution in [0.25, 0.3) is 0 Å². The van der Waals surface area contributed by atoms with Crippen LogP contribution >= 0.6 is 0 Å². The number of anilines is 1. The maximum atomic E-state index is 13.8. The molecule has 0 saturated heterocycles. The molecule has 1 amide bonds. The molecule has 35 heavy (non-hydrogen) atoms. The molecule has 2 aliphatic carbocycles. The minimum Gasteiger partial charge on any atom is -0.361 e. The van der Waals surface area contributed by atoms with Crippen molar-refractivity contribution in [3.05, 3.63) is 59.7 Å². The minimum atomic E-state index is -4.58. The lowest BCUT2D eigenvalue weighted by atomic mass is 9.94. The Morgan fingerprint density at radius 3 is 2.11 bits per heavy atom. The number of halogens is 3. The molecule has 0 heterocycles. The van der Waals surface area contributed by atoms with Crippen molar-refractivity contribution in [1.29, 1.82) is 0 Å². The van der Waals surface area contributed by atoms with Gasteiger partial charge in [-0.05, 0) is 73.4 Å². The molecule has 2 aromatic carbocycles. The Hall–Kier alpha value is -2.39. The van der Waals surface area contributed by atoms with Gasteiger partial charge in [-0.25, -0.2) is 8.42 Å². The van der Waals surface area contributed by atoms with Gasteiger partial charge in [-0.3, -0.25) is 4.79 Å². The maximum Gasteiger partial charge on any atom is 0.421 e. The van der Waals surface area contributed by atoms with E-state index in [1.54, 1.807) is 12.1 Å². The summed E-state index contributed by atoms with van der Waals surface area (Å²) in [5.74, 6) is 0.515. The Morgan fingerprint density at radius 1 is 0.971 bits per heavy atom. The van der Waals surface area contributed by atoms with Gasteiger partial charge in [0.25, 0.3) is 0 Å². The SMILES string of the molecule is CC(OCCC1CC1)(c1ccc(NC(=O)Cc2ccc(S(=O)(=O)CC3CC3)cc2)cc1)C(F)(F)F. The second-order valence-corrected chi connectivity index (χ2v) is 11.8. The van der Waals surface area contributed by atoms with Gasteiger partial charge >= 0.3 is 6.18 Å². The molecule has 9 heteroatoms. The van der Waals surface area contributed by atoms with Crippen LogP contribution in [-0.4, -0.2) is 32.9 Å². The Morgan fingerprint density at radius 2 is 1.57 bits per heavy atom. The van der Waals surface area contributed by atoms with Crippen LogP contribution in [0.2, 0.25) is 0 Å². The first-order valence-electron chi connectivity index (χ1n) is 11.9. The van der Waals surface area contributed by atoms with Gasteiger partial charge in [0.1, 0.15) is 0 Å². The molecule has 0 aliphatic heterocycles. The molecular formula is C26H30F3NO4S. The number of alkyl halides is 3. The van der Waals surface area contributed by atoms with Crippen LogP contribution in [0.3, 0.4) is 0 Å². The van der Waals surface area contributed by atoms with Crippen LogP contribution in [0.1, 0.15) is 50.2 Å². The Balaban J connectivity index is 1.35. The first kappa shape index (κ1) is 25.7. The Labute approximate surface area is 204 Å². The summed E-state index contributed by atoms with van der Waals surface area (Å²) >= 11 is 0. The van der Waals surface area contributed by atoms with Crippen molar-refractivity contribution in [3.8, 4) is 0 Å². The molecule has 190 valence electrons. The highest BCUT2D eigenvalue weighted by atomic mass is 32.2. The third-order valence-corrected chi connectivity index (χ3v) is 8.57. The van der Waals surface area contributed by atoms with E-state index in [1.807, 2.05) is 0 Å². The molecule has 5 nitrogen and oxygen atoms in total. The van der Waals surface area contributed by atoms with Gasteiger partial charge in [0.2, 0.25) is 5.91 Å². The molecule has 2 aliphatic rings. The molecule has 0 aromatic heterocycles. The average molecular weight is 510 g/mol. The van der Waals surface area contributed by atoms with Crippen LogP contribution in [0.5, 0.6) is 0 Å². The highest BCUT2D eigenvalue weighted by molar-refractivity contribution is 7.91. The smallest absolute Gasteiger partial charge is 0.361 e. The average Bonchev–Trinajstić information content (AvgIpc) is 3.71. The summed E-state index contributed by atoms with van der Waals surface area (Å²) in [5.41, 5.74) is -1.45. The molecule has 1 N–H and O–H groups in total. The number of amides is 1. The molecule has 1 atom stereocenters. The summed E-state index contributed by atoms with van der Waals surface area (Å²) in [4.78, 5) is 12.7. The summed E-state index contributed by atoms with van der Waals surface area (Å²) in [6.45, 7) is 1.07. The number of carbonyl (C=O) groups excluding carboxylic acids is 1. The predicted octanol–water partition coefficient (Wildman–Crippen LogP) is 5.65. The number of hydrogen-bond donors (Lipinski definition) is 1. The summed E-state index contributed by atoms with van der Waals surface area (Å²) in [6.07, 6.45) is 0.0269. The van der Waals surface area contributed by atoms with E-state index >= 15 is 0 Å². The van der Waals surface area contributed by atoms with Crippen LogP contribution in [0, 0.1) is 11.8 Å². The fourth-order valence-electron chi connectivity index (χ4n) is 3.93. The number of sulfone groups is 1. The van der Waals surface area contributed by atoms with Gasteiger partial charge in [0.15, 0.2) is 15.4 Å². The van der Waals surface area contributed by atoms with E-state index in [4.69, 9.17) is 4.74 Å². The van der Waals surface area contributed by atoms with E-state index in [0.29, 0.717) is 23.6 Å². The molecule has 2 saturated carbocycles. The summed E-state index contributed by atoms with van der Waals surface area (Å²) < 4.78 is 71.5. The normalized spacial score (nSPS) is 18.2. The van der Waals surface area contributed by atoms with Crippen molar-refractivity contribution < 1.29 is 31.1 Å². The molecule has 0 spiro atoms. The highest BCUT2D eigenvalue weighted by Gasteiger charge is 2.53. The van der Waals surface area contributed by atoms with E-state index in [9.17, 15) is 26.4 Å². The van der Waals surface area contributed by atoms with E-state index < -0.39 is 21.6 Å². The summed E-state index contributed by atoms with van der Waals surface area (Å²) in [7, 11) is -3.32. The number of rotatable bonds is 11. The molecule has 2 aromatic rings. The zero-order valence-electron chi connectivity index (χ0n) is 19.6. The van der Waals surface area contributed by atoms with Crippen molar-refractivity contribution >= 4 is 21.4 Å². The van der Waals surface area contributed by atoms with Crippen molar-refractivity contribution in [2.24, 2.45) is 11.8 Å². The first-order valence-corrected chi connectivity index (χ1v) is 13.5. The molecule has 0 radical (unpaired) electrons. The van der Waals surface area contributed by atoms with Crippen LogP contribution in [0.15, 0.2) is 53.4 Å². The summed E-state index contributed by atoms with van der Waals surface area (Å²) in [5, 5.41) is 2.67. The topological polar surface area (TPSA) is 72.5 Å². The van der Waals surface area contributed by atoms with E-state index in [2.05, 4.69) is 5.32 Å². The minimum absolute atomic E-state index is 0.00917. The lowest BCUT2D eigenvalue weighted by molar-refractivity contribution is -0.278. The number of benzene rings is 2. The van der Waals surface area contributed by atoms with Crippen LogP contribution < -0.4 is 5.32 Å². The molecule has 0 bridgehead atoms. The first-order chi connectivity index (χ1) is 16.5. The molecular weight excluding hydrogens is 479 g/mol. The van der Waals surface area contributed by atoms with Gasteiger partial charge in [0, 0.05) is 12.3 Å². The second kappa shape index (κ2) is 9.93. The number of carbonyl (C=O) groups is 1. The largest absolute Gasteiger partial charge is 0.421 e. The number of hydrogen-bond acceptors (Lipinski definition) is 4. The van der Waals surface area contributed by atoms with Gasteiger partial charge in [-0.2, -0.15) is 13.2 Å². The van der Waals surface area contributed by atoms with Gasteiger partial charge in [-0.15, -0.1) is 0 Å². The van der Waals surface area contributed by atoms with Gasteiger partial charge < -0.3 is 10.1 Å². The number of nitrogens with one attached hydrogen (secondary N) is 1. The van der Waals surface area contributed by atoms with E-state index in [0.717, 1.165) is 32.6 Å². The zero-order valence-corrected chi connectivity index (χ0v) is 20.4. The second-order valence-electron chi connectivity index (χ2n) is 9.78. The quantitative estimate of drug-likeness (QED) is 0.425. The Kier molecular flexibility index (Phi) is 7.29. The van der Waals surface area contributed by atoms with Crippen molar-refractivity contribution in [2.45, 2.75) is 62.1 Å². The molecule has 2 fully saturated rings. The fraction of sp³-hybridized carbons (Fsp3) is 0.500. The van der Waals surface area contributed by atoms with E-state index in [1.165, 1.54) is 36.4 Å². The highest BCUT2D eigenvalue weighted by Crippen LogP contribution is 2.43. The standard InChI is InChI=1S/C26H30F3NO4S/c1-25(26(27,28)29,34-15-14-18-2-3-18)21-8-10-22(11-9-21)30-24(31)16-19-6-12-23(13-7-19)35(32,33)17-20-4-5-20/h6-13,18,20H,2-5,14-17H2,1H3,(H,30,31). The van der Waals surface area contributed by atoms with Crippen molar-refractivity contribution in [1.82, 2.24) is 0 Å². The van der Waals surface area contributed by atoms with Gasteiger partial charge in [-0.1, -0.05) is 37.1 Å². The Bertz CT molecular complexity index is 1140.